The van der Waals surface area contributed by atoms with Gasteiger partial charge in [0.15, 0.2) is 0 Å². The molecule has 1 unspecified atom stereocenters. The molecule has 0 spiro atoms. The number of carbonyl (C=O) groups is 2. The Labute approximate surface area is 146 Å². The molecule has 0 aromatic heterocycles. The van der Waals surface area contributed by atoms with Crippen LogP contribution in [-0.2, 0) is 14.3 Å². The first kappa shape index (κ1) is 22.0. The Kier molecular flexibility index (Phi) is 15.2. The number of esters is 1. The van der Waals surface area contributed by atoms with E-state index in [0.29, 0.717) is 5.75 Å². The number of carboxylic acids is 1. The average Bonchev–Trinajstić information content (AvgIpc) is 2.52. The number of ether oxygens (including phenoxy) is 1. The van der Waals surface area contributed by atoms with Gasteiger partial charge in [0.25, 0.3) is 0 Å². The zero-order valence-electron chi connectivity index (χ0n) is 14.3. The minimum absolute atomic E-state index is 0.212. The number of hydrogen-bond donors (Lipinski definition) is 2. The Morgan fingerprint density at radius 2 is 1.70 bits per heavy atom. The Bertz CT molecular complexity index is 342. The predicted molar refractivity (Wildman–Crippen MR) is 96.9 cm³/mol. The van der Waals surface area contributed by atoms with Gasteiger partial charge in [0, 0.05) is 5.75 Å². The van der Waals surface area contributed by atoms with Gasteiger partial charge in [-0.05, 0) is 12.8 Å². The second-order valence-corrected chi connectivity index (χ2v) is 6.23. The van der Waals surface area contributed by atoms with E-state index in [-0.39, 0.29) is 13.0 Å². The largest absolute Gasteiger partial charge is 0.481 e. The maximum Gasteiger partial charge on any atom is 0.313 e. The van der Waals surface area contributed by atoms with Gasteiger partial charge in [-0.3, -0.25) is 9.59 Å². The maximum absolute atomic E-state index is 11.8. The van der Waals surface area contributed by atoms with Crippen molar-refractivity contribution in [3.63, 3.8) is 0 Å². The highest BCUT2D eigenvalue weighted by molar-refractivity contribution is 7.80. The number of carboxylic acid groups (broad SMARTS) is 1. The van der Waals surface area contributed by atoms with Crippen LogP contribution < -0.4 is 0 Å². The van der Waals surface area contributed by atoms with E-state index in [9.17, 15) is 9.59 Å². The van der Waals surface area contributed by atoms with E-state index < -0.39 is 17.9 Å². The third-order valence-electron chi connectivity index (χ3n) is 3.63. The molecule has 23 heavy (non-hydrogen) atoms. The zero-order valence-corrected chi connectivity index (χ0v) is 15.2. The van der Waals surface area contributed by atoms with E-state index in [1.165, 1.54) is 44.9 Å². The lowest BCUT2D eigenvalue weighted by atomic mass is 10.0. The number of hydrogen-bond acceptors (Lipinski definition) is 4. The van der Waals surface area contributed by atoms with Crippen LogP contribution in [0.1, 0.15) is 71.1 Å². The van der Waals surface area contributed by atoms with Gasteiger partial charge in [-0.25, -0.2) is 0 Å². The molecule has 0 aromatic rings. The van der Waals surface area contributed by atoms with E-state index in [0.717, 1.165) is 12.8 Å². The molecule has 0 radical (unpaired) electrons. The van der Waals surface area contributed by atoms with Crippen LogP contribution in [0.15, 0.2) is 12.2 Å². The van der Waals surface area contributed by atoms with Crippen LogP contribution in [0.2, 0.25) is 0 Å². The van der Waals surface area contributed by atoms with Gasteiger partial charge in [0.05, 0.1) is 12.3 Å². The van der Waals surface area contributed by atoms with Gasteiger partial charge in [0.2, 0.25) is 0 Å². The molecule has 0 amide bonds. The Hall–Kier alpha value is -0.970. The number of unbranched alkanes of at least 4 members (excludes halogenated alkanes) is 8. The molecule has 0 fully saturated rings. The fourth-order valence-electron chi connectivity index (χ4n) is 2.33. The molecule has 0 aliphatic heterocycles. The van der Waals surface area contributed by atoms with Crippen LogP contribution in [0.4, 0.5) is 0 Å². The van der Waals surface area contributed by atoms with Gasteiger partial charge in [-0.15, -0.1) is 0 Å². The van der Waals surface area contributed by atoms with E-state index in [2.05, 4.69) is 19.6 Å². The highest BCUT2D eigenvalue weighted by atomic mass is 32.1. The number of rotatable bonds is 15. The highest BCUT2D eigenvalue weighted by Crippen LogP contribution is 2.12. The third-order valence-corrected chi connectivity index (χ3v) is 3.81. The van der Waals surface area contributed by atoms with Crippen LogP contribution in [0.25, 0.3) is 0 Å². The lowest BCUT2D eigenvalue weighted by Gasteiger charge is -2.09. The molecule has 0 rings (SSSR count). The Morgan fingerprint density at radius 3 is 2.26 bits per heavy atom. The standard InChI is InChI=1S/C18H32O4S/c1-2-3-4-5-6-7-8-9-10-11-12-16(15-17(19)20)18(21)22-13-14-23/h11-12,16,23H,2-10,13-15H2,1H3,(H,19,20). The summed E-state index contributed by atoms with van der Waals surface area (Å²) in [6, 6.07) is 0. The van der Waals surface area contributed by atoms with Crippen molar-refractivity contribution < 1.29 is 19.4 Å². The van der Waals surface area contributed by atoms with Crippen molar-refractivity contribution in [3.05, 3.63) is 12.2 Å². The van der Waals surface area contributed by atoms with Gasteiger partial charge in [-0.2, -0.15) is 12.6 Å². The Morgan fingerprint density at radius 1 is 1.09 bits per heavy atom. The Balaban J connectivity index is 3.87. The minimum Gasteiger partial charge on any atom is -0.481 e. The quantitative estimate of drug-likeness (QED) is 0.197. The van der Waals surface area contributed by atoms with E-state index in [1.807, 2.05) is 6.08 Å². The molecule has 1 atom stereocenters. The number of carbonyl (C=O) groups excluding carboxylic acids is 1. The number of allylic oxidation sites excluding steroid dienone is 1. The van der Waals surface area contributed by atoms with E-state index in [4.69, 9.17) is 9.84 Å². The number of thiol groups is 1. The van der Waals surface area contributed by atoms with E-state index in [1.54, 1.807) is 6.08 Å². The molecule has 0 aromatic carbocycles. The predicted octanol–water partition coefficient (Wildman–Crippen LogP) is 4.64. The molecule has 0 aliphatic carbocycles. The summed E-state index contributed by atoms with van der Waals surface area (Å²) in [5.74, 6) is -1.72. The smallest absolute Gasteiger partial charge is 0.313 e. The summed E-state index contributed by atoms with van der Waals surface area (Å²) in [6.45, 7) is 2.43. The molecule has 0 heterocycles. The van der Waals surface area contributed by atoms with E-state index >= 15 is 0 Å². The van der Waals surface area contributed by atoms with Gasteiger partial charge < -0.3 is 9.84 Å². The van der Waals surface area contributed by atoms with Crippen molar-refractivity contribution in [1.82, 2.24) is 0 Å². The summed E-state index contributed by atoms with van der Waals surface area (Å²) in [6.07, 6.45) is 14.3. The molecule has 0 saturated carbocycles. The second kappa shape index (κ2) is 15.9. The van der Waals surface area contributed by atoms with Crippen molar-refractivity contribution in [3.8, 4) is 0 Å². The summed E-state index contributed by atoms with van der Waals surface area (Å²) in [5.41, 5.74) is 0. The van der Waals surface area contributed by atoms with Crippen molar-refractivity contribution in [2.75, 3.05) is 12.4 Å². The van der Waals surface area contributed by atoms with Gasteiger partial charge in [-0.1, -0.05) is 64.0 Å². The molecular formula is C18H32O4S. The van der Waals surface area contributed by atoms with Crippen LogP contribution in [0, 0.1) is 5.92 Å². The first-order valence-electron chi connectivity index (χ1n) is 8.77. The van der Waals surface area contributed by atoms with Crippen LogP contribution in [0.5, 0.6) is 0 Å². The third kappa shape index (κ3) is 14.4. The summed E-state index contributed by atoms with van der Waals surface area (Å²) < 4.78 is 4.97. The van der Waals surface area contributed by atoms with Gasteiger partial charge in [0.1, 0.15) is 6.61 Å². The topological polar surface area (TPSA) is 63.6 Å². The van der Waals surface area contributed by atoms with Crippen molar-refractivity contribution in [2.45, 2.75) is 71.1 Å². The number of aliphatic carboxylic acids is 1. The lowest BCUT2D eigenvalue weighted by molar-refractivity contribution is -0.150. The van der Waals surface area contributed by atoms with Crippen molar-refractivity contribution in [1.29, 1.82) is 0 Å². The highest BCUT2D eigenvalue weighted by Gasteiger charge is 2.20. The normalized spacial score (nSPS) is 12.4. The molecule has 4 nitrogen and oxygen atoms in total. The fraction of sp³-hybridized carbons (Fsp3) is 0.778. The van der Waals surface area contributed by atoms with Crippen LogP contribution in [0.3, 0.4) is 0 Å². The minimum atomic E-state index is -0.991. The summed E-state index contributed by atoms with van der Waals surface area (Å²) in [4.78, 5) is 22.6. The maximum atomic E-state index is 11.8. The molecule has 0 bridgehead atoms. The van der Waals surface area contributed by atoms with Crippen LogP contribution >= 0.6 is 12.6 Å². The lowest BCUT2D eigenvalue weighted by Crippen LogP contribution is -2.20. The first-order chi connectivity index (χ1) is 11.1. The monoisotopic (exact) mass is 344 g/mol. The average molecular weight is 345 g/mol. The summed E-state index contributed by atoms with van der Waals surface area (Å²) in [5, 5.41) is 8.86. The second-order valence-electron chi connectivity index (χ2n) is 5.79. The summed E-state index contributed by atoms with van der Waals surface area (Å²) in [7, 11) is 0. The molecule has 134 valence electrons. The van der Waals surface area contributed by atoms with Gasteiger partial charge >= 0.3 is 11.9 Å². The molecule has 5 heteroatoms. The summed E-state index contributed by atoms with van der Waals surface area (Å²) >= 11 is 3.97. The fourth-order valence-corrected chi connectivity index (χ4v) is 2.42. The SMILES string of the molecule is CCCCCCCCCCC=CC(CC(=O)O)C(=O)OCCS. The molecule has 1 N–H and O–H groups in total. The van der Waals surface area contributed by atoms with Crippen molar-refractivity contribution in [2.24, 2.45) is 5.92 Å². The molecular weight excluding hydrogens is 312 g/mol. The zero-order chi connectivity index (χ0) is 17.3. The molecule has 0 aliphatic rings. The first-order valence-corrected chi connectivity index (χ1v) is 9.41. The van der Waals surface area contributed by atoms with Crippen LogP contribution in [-0.4, -0.2) is 29.4 Å². The van der Waals surface area contributed by atoms with Crippen molar-refractivity contribution >= 4 is 24.6 Å². The molecule has 0 saturated heterocycles.